The van der Waals surface area contributed by atoms with Crippen LogP contribution in [0.2, 0.25) is 0 Å². The predicted octanol–water partition coefficient (Wildman–Crippen LogP) is 1.42. The summed E-state index contributed by atoms with van der Waals surface area (Å²) >= 11 is 0. The summed E-state index contributed by atoms with van der Waals surface area (Å²) in [6, 6.07) is 9.27. The molecule has 0 bridgehead atoms. The zero-order chi connectivity index (χ0) is 10.6. The van der Waals surface area contributed by atoms with E-state index in [1.165, 1.54) is 7.11 Å². The van der Waals surface area contributed by atoms with E-state index in [0.29, 0.717) is 6.42 Å². The number of methoxy groups -OCH3 is 1. The van der Waals surface area contributed by atoms with Crippen molar-refractivity contribution in [3.8, 4) is 0 Å². The highest BCUT2D eigenvalue weighted by molar-refractivity contribution is 5.82. The minimum Gasteiger partial charge on any atom is -0.467 e. The van der Waals surface area contributed by atoms with Crippen LogP contribution in [-0.4, -0.2) is 13.1 Å². The fourth-order valence-electron chi connectivity index (χ4n) is 1.38. The lowest BCUT2D eigenvalue weighted by Gasteiger charge is -2.25. The molecule has 76 valence electrons. The van der Waals surface area contributed by atoms with Crippen LogP contribution in [-0.2, 0) is 15.1 Å². The quantitative estimate of drug-likeness (QED) is 0.739. The van der Waals surface area contributed by atoms with E-state index >= 15 is 0 Å². The van der Waals surface area contributed by atoms with Crippen molar-refractivity contribution in [3.63, 3.8) is 0 Å². The van der Waals surface area contributed by atoms with Gasteiger partial charge in [0.2, 0.25) is 0 Å². The minimum atomic E-state index is -1.02. The van der Waals surface area contributed by atoms with Gasteiger partial charge in [0.25, 0.3) is 0 Å². The molecule has 2 N–H and O–H groups in total. The van der Waals surface area contributed by atoms with E-state index in [9.17, 15) is 4.79 Å². The molecule has 0 radical (unpaired) electrons. The average molecular weight is 193 g/mol. The van der Waals surface area contributed by atoms with Crippen LogP contribution in [0.4, 0.5) is 0 Å². The molecule has 0 saturated carbocycles. The molecule has 0 aliphatic heterocycles. The third-order valence-corrected chi connectivity index (χ3v) is 2.40. The summed E-state index contributed by atoms with van der Waals surface area (Å²) in [6.45, 7) is 1.86. The van der Waals surface area contributed by atoms with Gasteiger partial charge in [-0.05, 0) is 12.0 Å². The standard InChI is InChI=1S/C11H15NO2/c1-3-11(12,10(13)14-2)9-7-5-4-6-8-9/h4-8H,3,12H2,1-2H3. The van der Waals surface area contributed by atoms with E-state index < -0.39 is 11.5 Å². The molecule has 1 aromatic rings. The summed E-state index contributed by atoms with van der Waals surface area (Å²) in [5.41, 5.74) is 5.77. The molecule has 3 heteroatoms. The Labute approximate surface area is 83.9 Å². The molecule has 0 aliphatic rings. The molecule has 14 heavy (non-hydrogen) atoms. The van der Waals surface area contributed by atoms with Crippen molar-refractivity contribution >= 4 is 5.97 Å². The summed E-state index contributed by atoms with van der Waals surface area (Å²) in [5, 5.41) is 0. The largest absolute Gasteiger partial charge is 0.467 e. The van der Waals surface area contributed by atoms with Gasteiger partial charge in [0.1, 0.15) is 5.54 Å². The summed E-state index contributed by atoms with van der Waals surface area (Å²) in [4.78, 5) is 11.5. The second-order valence-corrected chi connectivity index (χ2v) is 3.18. The second kappa shape index (κ2) is 4.24. The number of nitrogens with two attached hydrogens (primary N) is 1. The maximum Gasteiger partial charge on any atom is 0.330 e. The normalized spacial score (nSPS) is 14.5. The lowest BCUT2D eigenvalue weighted by molar-refractivity contribution is -0.147. The molecule has 0 aliphatic carbocycles. The summed E-state index contributed by atoms with van der Waals surface area (Å²) in [7, 11) is 1.35. The number of carbonyl (C=O) groups is 1. The smallest absolute Gasteiger partial charge is 0.330 e. The molecule has 0 saturated heterocycles. The van der Waals surface area contributed by atoms with E-state index in [4.69, 9.17) is 10.5 Å². The second-order valence-electron chi connectivity index (χ2n) is 3.18. The van der Waals surface area contributed by atoms with Gasteiger partial charge in [-0.1, -0.05) is 37.3 Å². The minimum absolute atomic E-state index is 0.397. The van der Waals surface area contributed by atoms with Gasteiger partial charge in [0.05, 0.1) is 7.11 Å². The number of benzene rings is 1. The van der Waals surface area contributed by atoms with Crippen LogP contribution in [0.15, 0.2) is 30.3 Å². The first-order valence-electron chi connectivity index (χ1n) is 4.58. The first-order valence-corrected chi connectivity index (χ1v) is 4.58. The van der Waals surface area contributed by atoms with Gasteiger partial charge in [0.15, 0.2) is 0 Å². The van der Waals surface area contributed by atoms with E-state index in [-0.39, 0.29) is 0 Å². The number of carbonyl (C=O) groups excluding carboxylic acids is 1. The Morgan fingerprint density at radius 1 is 1.43 bits per heavy atom. The molecule has 1 atom stereocenters. The van der Waals surface area contributed by atoms with Crippen LogP contribution in [0.3, 0.4) is 0 Å². The third kappa shape index (κ3) is 1.77. The number of hydrogen-bond donors (Lipinski definition) is 1. The van der Waals surface area contributed by atoms with Crippen LogP contribution in [0.5, 0.6) is 0 Å². The first kappa shape index (κ1) is 10.7. The average Bonchev–Trinajstić information content (AvgIpc) is 2.28. The van der Waals surface area contributed by atoms with Crippen molar-refractivity contribution < 1.29 is 9.53 Å². The highest BCUT2D eigenvalue weighted by Crippen LogP contribution is 2.22. The highest BCUT2D eigenvalue weighted by atomic mass is 16.5. The Bertz CT molecular complexity index is 310. The lowest BCUT2D eigenvalue weighted by atomic mass is 9.88. The number of ether oxygens (including phenoxy) is 1. The van der Waals surface area contributed by atoms with Crippen molar-refractivity contribution in [2.45, 2.75) is 18.9 Å². The Morgan fingerprint density at radius 2 is 2.00 bits per heavy atom. The van der Waals surface area contributed by atoms with E-state index in [0.717, 1.165) is 5.56 Å². The van der Waals surface area contributed by atoms with Crippen molar-refractivity contribution in [1.29, 1.82) is 0 Å². The maximum atomic E-state index is 11.5. The van der Waals surface area contributed by atoms with Gasteiger partial charge in [-0.25, -0.2) is 4.79 Å². The molecule has 0 spiro atoms. The van der Waals surface area contributed by atoms with Gasteiger partial charge in [0, 0.05) is 0 Å². The Balaban J connectivity index is 3.08. The summed E-state index contributed by atoms with van der Waals surface area (Å²) < 4.78 is 4.70. The molecule has 3 nitrogen and oxygen atoms in total. The van der Waals surface area contributed by atoms with Crippen molar-refractivity contribution in [1.82, 2.24) is 0 Å². The monoisotopic (exact) mass is 193 g/mol. The van der Waals surface area contributed by atoms with Crippen molar-refractivity contribution in [3.05, 3.63) is 35.9 Å². The summed E-state index contributed by atoms with van der Waals surface area (Å²) in [5.74, 6) is -0.397. The maximum absolute atomic E-state index is 11.5. The van der Waals surface area contributed by atoms with Gasteiger partial charge in [-0.15, -0.1) is 0 Å². The topological polar surface area (TPSA) is 52.3 Å². The zero-order valence-corrected chi connectivity index (χ0v) is 8.49. The third-order valence-electron chi connectivity index (χ3n) is 2.40. The molecular weight excluding hydrogens is 178 g/mol. The molecule has 1 unspecified atom stereocenters. The highest BCUT2D eigenvalue weighted by Gasteiger charge is 2.34. The molecule has 1 aromatic carbocycles. The Morgan fingerprint density at radius 3 is 2.43 bits per heavy atom. The SMILES string of the molecule is CCC(N)(C(=O)OC)c1ccccc1. The zero-order valence-electron chi connectivity index (χ0n) is 8.49. The van der Waals surface area contributed by atoms with Crippen LogP contribution < -0.4 is 5.73 Å². The van der Waals surface area contributed by atoms with Crippen LogP contribution >= 0.6 is 0 Å². The van der Waals surface area contributed by atoms with Gasteiger partial charge >= 0.3 is 5.97 Å². The van der Waals surface area contributed by atoms with Crippen LogP contribution in [0.1, 0.15) is 18.9 Å². The van der Waals surface area contributed by atoms with E-state index in [1.807, 2.05) is 37.3 Å². The molecular formula is C11H15NO2. The van der Waals surface area contributed by atoms with Gasteiger partial charge in [-0.3, -0.25) is 0 Å². The summed E-state index contributed by atoms with van der Waals surface area (Å²) in [6.07, 6.45) is 0.518. The van der Waals surface area contributed by atoms with Crippen molar-refractivity contribution in [2.75, 3.05) is 7.11 Å². The number of rotatable bonds is 3. The van der Waals surface area contributed by atoms with Crippen LogP contribution in [0.25, 0.3) is 0 Å². The molecule has 0 aromatic heterocycles. The Hall–Kier alpha value is -1.35. The molecule has 0 heterocycles. The molecule has 0 amide bonds. The number of esters is 1. The molecule has 1 rings (SSSR count). The van der Waals surface area contributed by atoms with E-state index in [2.05, 4.69) is 0 Å². The fraction of sp³-hybridized carbons (Fsp3) is 0.364. The number of hydrogen-bond acceptors (Lipinski definition) is 3. The van der Waals surface area contributed by atoms with E-state index in [1.54, 1.807) is 0 Å². The lowest BCUT2D eigenvalue weighted by Crippen LogP contribution is -2.45. The fourth-order valence-corrected chi connectivity index (χ4v) is 1.38. The van der Waals surface area contributed by atoms with Crippen LogP contribution in [0, 0.1) is 0 Å². The predicted molar refractivity (Wildman–Crippen MR) is 54.6 cm³/mol. The van der Waals surface area contributed by atoms with Gasteiger partial charge < -0.3 is 10.5 Å². The molecule has 0 fully saturated rings. The van der Waals surface area contributed by atoms with Crippen molar-refractivity contribution in [2.24, 2.45) is 5.73 Å². The first-order chi connectivity index (χ1) is 6.65. The Kier molecular flexibility index (Phi) is 3.25. The van der Waals surface area contributed by atoms with Gasteiger partial charge in [-0.2, -0.15) is 0 Å².